The van der Waals surface area contributed by atoms with Crippen LogP contribution >= 0.6 is 0 Å². The Labute approximate surface area is 112 Å². The second-order valence-electron chi connectivity index (χ2n) is 4.74. The minimum absolute atomic E-state index is 0.0693. The molecule has 0 atom stereocenters. The van der Waals surface area contributed by atoms with Crippen molar-refractivity contribution in [3.8, 4) is 0 Å². The largest absolute Gasteiger partial charge is 0.326 e. The maximum Gasteiger partial charge on any atom is 0.258 e. The lowest BCUT2D eigenvalue weighted by Crippen LogP contribution is -2.28. The molecule has 0 unspecified atom stereocenters. The van der Waals surface area contributed by atoms with E-state index in [0.717, 1.165) is 29.8 Å². The molecule has 3 heteroatoms. The summed E-state index contributed by atoms with van der Waals surface area (Å²) < 4.78 is 0. The summed E-state index contributed by atoms with van der Waals surface area (Å²) in [5.74, 6) is 0.0693. The van der Waals surface area contributed by atoms with Gasteiger partial charge < -0.3 is 10.6 Å². The zero-order valence-corrected chi connectivity index (χ0v) is 10.7. The minimum atomic E-state index is 0.0693. The lowest BCUT2D eigenvalue weighted by molar-refractivity contribution is 0.0989. The number of amides is 1. The standard InChI is InChI=1S/C16H16N2O/c17-11-12-6-7-15-14(10-12)8-9-18(15)16(19)13-4-2-1-3-5-13/h1-7,10H,8-9,11,17H2. The summed E-state index contributed by atoms with van der Waals surface area (Å²) >= 11 is 0. The van der Waals surface area contributed by atoms with Gasteiger partial charge in [0.2, 0.25) is 0 Å². The van der Waals surface area contributed by atoms with E-state index in [-0.39, 0.29) is 5.91 Å². The Balaban J connectivity index is 1.92. The first-order valence-corrected chi connectivity index (χ1v) is 6.48. The van der Waals surface area contributed by atoms with Crippen LogP contribution in [0.5, 0.6) is 0 Å². The minimum Gasteiger partial charge on any atom is -0.326 e. The fourth-order valence-corrected chi connectivity index (χ4v) is 2.53. The van der Waals surface area contributed by atoms with Gasteiger partial charge in [0.05, 0.1) is 0 Å². The monoisotopic (exact) mass is 252 g/mol. The molecule has 19 heavy (non-hydrogen) atoms. The second kappa shape index (κ2) is 4.86. The number of carbonyl (C=O) groups excluding carboxylic acids is 1. The first-order valence-electron chi connectivity index (χ1n) is 6.48. The molecule has 1 amide bonds. The SMILES string of the molecule is NCc1ccc2c(c1)CCN2C(=O)c1ccccc1. The molecule has 0 saturated carbocycles. The van der Waals surface area contributed by atoms with E-state index in [1.54, 1.807) is 0 Å². The van der Waals surface area contributed by atoms with Crippen molar-refractivity contribution in [2.45, 2.75) is 13.0 Å². The van der Waals surface area contributed by atoms with Gasteiger partial charge in [-0.05, 0) is 35.7 Å². The molecule has 1 heterocycles. The molecule has 1 aliphatic heterocycles. The zero-order valence-electron chi connectivity index (χ0n) is 10.7. The number of fused-ring (bicyclic) bond motifs is 1. The molecular weight excluding hydrogens is 236 g/mol. The molecule has 3 nitrogen and oxygen atoms in total. The van der Waals surface area contributed by atoms with Crippen LogP contribution in [0.15, 0.2) is 48.5 Å². The summed E-state index contributed by atoms with van der Waals surface area (Å²) in [7, 11) is 0. The van der Waals surface area contributed by atoms with Crippen LogP contribution in [-0.2, 0) is 13.0 Å². The highest BCUT2D eigenvalue weighted by molar-refractivity contribution is 6.07. The predicted octanol–water partition coefficient (Wildman–Crippen LogP) is 2.35. The van der Waals surface area contributed by atoms with Crippen LogP contribution in [0.1, 0.15) is 21.5 Å². The molecule has 0 spiro atoms. The Morgan fingerprint density at radius 2 is 1.95 bits per heavy atom. The lowest BCUT2D eigenvalue weighted by atomic mass is 10.1. The van der Waals surface area contributed by atoms with Gasteiger partial charge >= 0.3 is 0 Å². The average Bonchev–Trinajstić information content (AvgIpc) is 2.90. The van der Waals surface area contributed by atoms with Crippen molar-refractivity contribution in [2.75, 3.05) is 11.4 Å². The van der Waals surface area contributed by atoms with Crippen LogP contribution in [-0.4, -0.2) is 12.5 Å². The molecule has 2 aromatic carbocycles. The Hall–Kier alpha value is -2.13. The zero-order chi connectivity index (χ0) is 13.2. The maximum atomic E-state index is 12.5. The van der Waals surface area contributed by atoms with E-state index in [0.29, 0.717) is 6.54 Å². The normalized spacial score (nSPS) is 13.4. The molecular formula is C16H16N2O. The lowest BCUT2D eigenvalue weighted by Gasteiger charge is -2.17. The van der Waals surface area contributed by atoms with E-state index in [4.69, 9.17) is 5.73 Å². The summed E-state index contributed by atoms with van der Waals surface area (Å²) in [5.41, 5.74) is 9.74. The van der Waals surface area contributed by atoms with E-state index in [1.165, 1.54) is 5.56 Å². The summed E-state index contributed by atoms with van der Waals surface area (Å²) in [6, 6.07) is 15.5. The van der Waals surface area contributed by atoms with Gasteiger partial charge in [0.1, 0.15) is 0 Å². The third-order valence-corrected chi connectivity index (χ3v) is 3.54. The van der Waals surface area contributed by atoms with Gasteiger partial charge in [-0.15, -0.1) is 0 Å². The number of benzene rings is 2. The fourth-order valence-electron chi connectivity index (χ4n) is 2.53. The molecule has 0 bridgehead atoms. The topological polar surface area (TPSA) is 46.3 Å². The highest BCUT2D eigenvalue weighted by atomic mass is 16.2. The number of hydrogen-bond donors (Lipinski definition) is 1. The molecule has 0 radical (unpaired) electrons. The Morgan fingerprint density at radius 1 is 1.16 bits per heavy atom. The summed E-state index contributed by atoms with van der Waals surface area (Å²) in [4.78, 5) is 14.3. The fraction of sp³-hybridized carbons (Fsp3) is 0.188. The molecule has 1 aliphatic rings. The predicted molar refractivity (Wildman–Crippen MR) is 76.2 cm³/mol. The highest BCUT2D eigenvalue weighted by Crippen LogP contribution is 2.30. The van der Waals surface area contributed by atoms with E-state index < -0.39 is 0 Å². The molecule has 2 aromatic rings. The van der Waals surface area contributed by atoms with Crippen LogP contribution in [0.25, 0.3) is 0 Å². The van der Waals surface area contributed by atoms with Crippen LogP contribution in [0.3, 0.4) is 0 Å². The van der Waals surface area contributed by atoms with Crippen LogP contribution in [0.2, 0.25) is 0 Å². The smallest absolute Gasteiger partial charge is 0.258 e. The summed E-state index contributed by atoms with van der Waals surface area (Å²) in [6.45, 7) is 1.29. The molecule has 3 rings (SSSR count). The van der Waals surface area contributed by atoms with Gasteiger partial charge in [0.15, 0.2) is 0 Å². The maximum absolute atomic E-state index is 12.5. The third-order valence-electron chi connectivity index (χ3n) is 3.54. The first-order chi connectivity index (χ1) is 9.29. The van der Waals surface area contributed by atoms with Crippen molar-refractivity contribution in [1.82, 2.24) is 0 Å². The molecule has 2 N–H and O–H groups in total. The van der Waals surface area contributed by atoms with Crippen LogP contribution in [0, 0.1) is 0 Å². The van der Waals surface area contributed by atoms with Crippen molar-refractivity contribution in [1.29, 1.82) is 0 Å². The van der Waals surface area contributed by atoms with Crippen LogP contribution in [0.4, 0.5) is 5.69 Å². The van der Waals surface area contributed by atoms with Gasteiger partial charge in [0.25, 0.3) is 5.91 Å². The molecule has 0 saturated heterocycles. The number of anilines is 1. The van der Waals surface area contributed by atoms with Crippen molar-refractivity contribution < 1.29 is 4.79 Å². The van der Waals surface area contributed by atoms with Gasteiger partial charge in [0, 0.05) is 24.3 Å². The van der Waals surface area contributed by atoms with Crippen molar-refractivity contribution in [3.63, 3.8) is 0 Å². The first kappa shape index (κ1) is 11.9. The van der Waals surface area contributed by atoms with E-state index >= 15 is 0 Å². The van der Waals surface area contributed by atoms with Crippen LogP contribution < -0.4 is 10.6 Å². The Morgan fingerprint density at radius 3 is 2.68 bits per heavy atom. The van der Waals surface area contributed by atoms with E-state index in [2.05, 4.69) is 6.07 Å². The van der Waals surface area contributed by atoms with Crippen molar-refractivity contribution >= 4 is 11.6 Å². The Kier molecular flexibility index (Phi) is 3.05. The highest BCUT2D eigenvalue weighted by Gasteiger charge is 2.25. The quantitative estimate of drug-likeness (QED) is 0.891. The van der Waals surface area contributed by atoms with Crippen molar-refractivity contribution in [2.24, 2.45) is 5.73 Å². The molecule has 0 fully saturated rings. The molecule has 0 aliphatic carbocycles. The number of nitrogens with zero attached hydrogens (tertiary/aromatic N) is 1. The second-order valence-corrected chi connectivity index (χ2v) is 4.74. The number of hydrogen-bond acceptors (Lipinski definition) is 2. The van der Waals surface area contributed by atoms with Gasteiger partial charge in [-0.3, -0.25) is 4.79 Å². The number of carbonyl (C=O) groups is 1. The number of rotatable bonds is 2. The van der Waals surface area contributed by atoms with E-state index in [9.17, 15) is 4.79 Å². The summed E-state index contributed by atoms with van der Waals surface area (Å²) in [6.07, 6.45) is 0.905. The van der Waals surface area contributed by atoms with E-state index in [1.807, 2.05) is 47.4 Å². The number of nitrogens with two attached hydrogens (primary N) is 1. The summed E-state index contributed by atoms with van der Waals surface area (Å²) in [5, 5.41) is 0. The van der Waals surface area contributed by atoms with Crippen molar-refractivity contribution in [3.05, 3.63) is 65.2 Å². The third kappa shape index (κ3) is 2.13. The average molecular weight is 252 g/mol. The Bertz CT molecular complexity index is 607. The van der Waals surface area contributed by atoms with Gasteiger partial charge in [-0.1, -0.05) is 30.3 Å². The van der Waals surface area contributed by atoms with Gasteiger partial charge in [-0.2, -0.15) is 0 Å². The molecule has 0 aromatic heterocycles. The van der Waals surface area contributed by atoms with Gasteiger partial charge in [-0.25, -0.2) is 0 Å². The molecule has 96 valence electrons.